The van der Waals surface area contributed by atoms with Gasteiger partial charge in [0.2, 0.25) is 5.91 Å². The highest BCUT2D eigenvalue weighted by atomic mass is 32.1. The van der Waals surface area contributed by atoms with Crippen LogP contribution in [0.4, 0.5) is 0 Å². The van der Waals surface area contributed by atoms with E-state index in [0.717, 1.165) is 11.3 Å². The van der Waals surface area contributed by atoms with Gasteiger partial charge in [0.15, 0.2) is 0 Å². The molecule has 6 heteroatoms. The molecule has 1 aromatic carbocycles. The van der Waals surface area contributed by atoms with E-state index in [1.54, 1.807) is 11.4 Å². The van der Waals surface area contributed by atoms with Crippen LogP contribution in [0, 0.1) is 6.92 Å². The number of benzene rings is 1. The van der Waals surface area contributed by atoms with Gasteiger partial charge in [0.05, 0.1) is 6.54 Å². The summed E-state index contributed by atoms with van der Waals surface area (Å²) >= 11 is 1.49. The van der Waals surface area contributed by atoms with Crippen molar-refractivity contribution in [2.24, 2.45) is 0 Å². The molecule has 0 aliphatic carbocycles. The molecule has 5 nitrogen and oxygen atoms in total. The first-order chi connectivity index (χ1) is 11.6. The second kappa shape index (κ2) is 9.72. The number of ether oxygens (including phenoxy) is 1. The highest BCUT2D eigenvalue weighted by Crippen LogP contribution is 2.11. The molecule has 2 aromatic rings. The summed E-state index contributed by atoms with van der Waals surface area (Å²) < 4.78 is 5.56. The molecule has 0 unspecified atom stereocenters. The minimum Gasteiger partial charge on any atom is -0.492 e. The molecule has 0 aliphatic rings. The zero-order valence-corrected chi connectivity index (χ0v) is 14.5. The number of thiophene rings is 1. The van der Waals surface area contributed by atoms with E-state index in [4.69, 9.17) is 4.74 Å². The summed E-state index contributed by atoms with van der Waals surface area (Å²) in [5.74, 6) is 0.677. The Hall–Kier alpha value is -2.34. The van der Waals surface area contributed by atoms with Crippen LogP contribution < -0.4 is 15.4 Å². The van der Waals surface area contributed by atoms with Crippen LogP contribution in [0.25, 0.3) is 0 Å². The molecule has 1 heterocycles. The van der Waals surface area contributed by atoms with Crippen LogP contribution in [-0.2, 0) is 4.79 Å². The zero-order valence-electron chi connectivity index (χ0n) is 13.7. The summed E-state index contributed by atoms with van der Waals surface area (Å²) in [5.41, 5.74) is 1.80. The fourth-order valence-corrected chi connectivity index (χ4v) is 2.74. The van der Waals surface area contributed by atoms with Crippen LogP contribution in [0.1, 0.15) is 28.8 Å². The second-order valence-electron chi connectivity index (χ2n) is 5.39. The summed E-state index contributed by atoms with van der Waals surface area (Å²) in [6.45, 7) is 3.39. The standard InChI is InChI=1S/C18H22N2O3S/c1-14-4-2-5-16(12-14)23-10-9-19-17(21)6-3-8-20-18(22)15-7-11-24-13-15/h2,4-5,7,11-13H,3,6,8-10H2,1H3,(H,19,21)(H,20,22). The van der Waals surface area contributed by atoms with Gasteiger partial charge >= 0.3 is 0 Å². The van der Waals surface area contributed by atoms with E-state index in [0.29, 0.717) is 38.1 Å². The first-order valence-corrected chi connectivity index (χ1v) is 8.86. The summed E-state index contributed by atoms with van der Waals surface area (Å²) in [6, 6.07) is 9.57. The number of carbonyl (C=O) groups excluding carboxylic acids is 2. The third-order valence-corrected chi connectivity index (χ3v) is 4.02. The van der Waals surface area contributed by atoms with Crippen molar-refractivity contribution in [2.75, 3.05) is 19.7 Å². The number of aryl methyl sites for hydroxylation is 1. The van der Waals surface area contributed by atoms with E-state index in [1.165, 1.54) is 11.3 Å². The van der Waals surface area contributed by atoms with Crippen LogP contribution in [0.15, 0.2) is 41.1 Å². The Kier molecular flexibility index (Phi) is 7.29. The molecule has 0 atom stereocenters. The highest BCUT2D eigenvalue weighted by molar-refractivity contribution is 7.08. The van der Waals surface area contributed by atoms with Gasteiger partial charge in [0, 0.05) is 23.9 Å². The number of rotatable bonds is 9. The number of hydrogen-bond acceptors (Lipinski definition) is 4. The molecule has 0 radical (unpaired) electrons. The highest BCUT2D eigenvalue weighted by Gasteiger charge is 2.05. The van der Waals surface area contributed by atoms with Crippen molar-refractivity contribution in [3.63, 3.8) is 0 Å². The first-order valence-electron chi connectivity index (χ1n) is 7.92. The smallest absolute Gasteiger partial charge is 0.252 e. The van der Waals surface area contributed by atoms with Crippen molar-refractivity contribution < 1.29 is 14.3 Å². The summed E-state index contributed by atoms with van der Waals surface area (Å²) in [5, 5.41) is 9.27. The summed E-state index contributed by atoms with van der Waals surface area (Å²) in [7, 11) is 0. The minimum absolute atomic E-state index is 0.0346. The average molecular weight is 346 g/mol. The van der Waals surface area contributed by atoms with Crippen LogP contribution in [0.3, 0.4) is 0 Å². The molecule has 0 spiro atoms. The topological polar surface area (TPSA) is 67.4 Å². The van der Waals surface area contributed by atoms with Gasteiger partial charge in [0.1, 0.15) is 12.4 Å². The molecule has 1 aromatic heterocycles. The molecule has 2 rings (SSSR count). The predicted molar refractivity (Wildman–Crippen MR) is 95.6 cm³/mol. The normalized spacial score (nSPS) is 10.2. The van der Waals surface area contributed by atoms with Crippen molar-refractivity contribution in [2.45, 2.75) is 19.8 Å². The van der Waals surface area contributed by atoms with Crippen molar-refractivity contribution in [1.29, 1.82) is 0 Å². The van der Waals surface area contributed by atoms with Crippen LogP contribution in [-0.4, -0.2) is 31.5 Å². The van der Waals surface area contributed by atoms with Crippen LogP contribution in [0.5, 0.6) is 5.75 Å². The zero-order chi connectivity index (χ0) is 17.2. The van der Waals surface area contributed by atoms with Gasteiger partial charge in [-0.15, -0.1) is 0 Å². The van der Waals surface area contributed by atoms with Gasteiger partial charge in [-0.25, -0.2) is 0 Å². The number of hydrogen-bond donors (Lipinski definition) is 2. The second-order valence-corrected chi connectivity index (χ2v) is 6.17. The molecule has 0 saturated carbocycles. The molecule has 2 N–H and O–H groups in total. The molecule has 128 valence electrons. The third kappa shape index (κ3) is 6.42. The molecular formula is C18H22N2O3S. The van der Waals surface area contributed by atoms with E-state index < -0.39 is 0 Å². The summed E-state index contributed by atoms with van der Waals surface area (Å²) in [4.78, 5) is 23.4. The Morgan fingerprint density at radius 1 is 1.17 bits per heavy atom. The molecular weight excluding hydrogens is 324 g/mol. The molecule has 24 heavy (non-hydrogen) atoms. The minimum atomic E-state index is -0.0942. The van der Waals surface area contributed by atoms with Crippen molar-refractivity contribution in [1.82, 2.24) is 10.6 Å². The molecule has 2 amide bonds. The first kappa shape index (κ1) is 18.0. The van der Waals surface area contributed by atoms with Crippen LogP contribution in [0.2, 0.25) is 0 Å². The fourth-order valence-electron chi connectivity index (χ4n) is 2.10. The average Bonchev–Trinajstić information content (AvgIpc) is 3.10. The van der Waals surface area contributed by atoms with Crippen molar-refractivity contribution in [3.8, 4) is 5.75 Å². The van der Waals surface area contributed by atoms with Crippen molar-refractivity contribution >= 4 is 23.2 Å². The number of carbonyl (C=O) groups is 2. The molecule has 0 fully saturated rings. The SMILES string of the molecule is Cc1cccc(OCCNC(=O)CCCNC(=O)c2ccsc2)c1. The molecule has 0 saturated heterocycles. The Balaban J connectivity index is 1.51. The van der Waals surface area contributed by atoms with E-state index in [-0.39, 0.29) is 11.8 Å². The fraction of sp³-hybridized carbons (Fsp3) is 0.333. The van der Waals surface area contributed by atoms with Crippen LogP contribution >= 0.6 is 11.3 Å². The maximum atomic E-state index is 11.7. The lowest BCUT2D eigenvalue weighted by molar-refractivity contribution is -0.121. The predicted octanol–water partition coefficient (Wildman–Crippen LogP) is 2.76. The monoisotopic (exact) mass is 346 g/mol. The Morgan fingerprint density at radius 3 is 2.79 bits per heavy atom. The summed E-state index contributed by atoms with van der Waals surface area (Å²) in [6.07, 6.45) is 0.995. The maximum absolute atomic E-state index is 11.7. The van der Waals surface area contributed by atoms with E-state index in [9.17, 15) is 9.59 Å². The van der Waals surface area contributed by atoms with Gasteiger partial charge in [-0.1, -0.05) is 12.1 Å². The quantitative estimate of drug-likeness (QED) is 0.686. The van der Waals surface area contributed by atoms with E-state index in [2.05, 4.69) is 10.6 Å². The Morgan fingerprint density at radius 2 is 2.04 bits per heavy atom. The van der Waals surface area contributed by atoms with Gasteiger partial charge < -0.3 is 15.4 Å². The third-order valence-electron chi connectivity index (χ3n) is 3.33. The number of amides is 2. The molecule has 0 bridgehead atoms. The van der Waals surface area contributed by atoms with E-state index >= 15 is 0 Å². The van der Waals surface area contributed by atoms with Gasteiger partial charge in [-0.05, 0) is 42.5 Å². The Bertz CT molecular complexity index is 656. The maximum Gasteiger partial charge on any atom is 0.252 e. The lowest BCUT2D eigenvalue weighted by atomic mass is 10.2. The van der Waals surface area contributed by atoms with Gasteiger partial charge in [-0.3, -0.25) is 9.59 Å². The lowest BCUT2D eigenvalue weighted by Crippen LogP contribution is -2.29. The van der Waals surface area contributed by atoms with Gasteiger partial charge in [0.25, 0.3) is 5.91 Å². The van der Waals surface area contributed by atoms with Crippen molar-refractivity contribution in [3.05, 3.63) is 52.2 Å². The Labute approximate surface area is 146 Å². The van der Waals surface area contributed by atoms with Gasteiger partial charge in [-0.2, -0.15) is 11.3 Å². The lowest BCUT2D eigenvalue weighted by Gasteiger charge is -2.08. The molecule has 0 aliphatic heterocycles. The number of nitrogens with one attached hydrogen (secondary N) is 2. The van der Waals surface area contributed by atoms with E-state index in [1.807, 2.05) is 36.6 Å². The largest absolute Gasteiger partial charge is 0.492 e.